The fourth-order valence-corrected chi connectivity index (χ4v) is 7.24. The average Bonchev–Trinajstić information content (AvgIpc) is 3.70. The van der Waals surface area contributed by atoms with Gasteiger partial charge in [0.05, 0.1) is 37.5 Å². The van der Waals surface area contributed by atoms with Crippen LogP contribution in [0.15, 0.2) is 54.6 Å². The lowest BCUT2D eigenvalue weighted by Crippen LogP contribution is -2.22. The Balaban J connectivity index is 1.23. The van der Waals surface area contributed by atoms with Crippen molar-refractivity contribution in [3.8, 4) is 40.0 Å². The standard InChI is InChI=1S/C37H40Cl2N4O6/c1-42(16-15-33(45)46)19-23-18-30(38)37(41-36(23)48-3)49-32-13-11-26-25(6-4-7-27(26)32)28-8-5-9-29(34(28)39)31-12-10-22(35(40-31)47-2)20-43-17-14-24(44)21-43/h4-10,12,18,24,32,44H,11,13-17,19-21H2,1-3H3,(H,45,46)/t24-,32+/m1/s1. The number of β-amino-alcohol motifs (C(OH)–C–C–N with tert-alkyl or cyclic N) is 1. The van der Waals surface area contributed by atoms with Crippen molar-refractivity contribution in [1.82, 2.24) is 19.8 Å². The Morgan fingerprint density at radius 2 is 1.69 bits per heavy atom. The predicted molar refractivity (Wildman–Crippen MR) is 189 cm³/mol. The number of nitrogens with zero attached hydrogens (tertiary/aromatic N) is 4. The first-order valence-electron chi connectivity index (χ1n) is 16.3. The largest absolute Gasteiger partial charge is 0.481 e. The zero-order chi connectivity index (χ0) is 34.7. The van der Waals surface area contributed by atoms with E-state index in [1.54, 1.807) is 13.2 Å². The molecular weight excluding hydrogens is 667 g/mol. The second-order valence-electron chi connectivity index (χ2n) is 12.6. The molecule has 0 bridgehead atoms. The number of rotatable bonds is 13. The number of benzene rings is 2. The number of aromatic nitrogens is 2. The van der Waals surface area contributed by atoms with Gasteiger partial charge >= 0.3 is 5.97 Å². The van der Waals surface area contributed by atoms with Gasteiger partial charge in [-0.2, -0.15) is 4.98 Å². The van der Waals surface area contributed by atoms with E-state index in [0.29, 0.717) is 53.7 Å². The topological polar surface area (TPSA) is 117 Å². The van der Waals surface area contributed by atoms with Crippen LogP contribution in [-0.4, -0.2) is 83.0 Å². The maximum Gasteiger partial charge on any atom is 0.304 e. The molecule has 0 saturated carbocycles. The summed E-state index contributed by atoms with van der Waals surface area (Å²) in [4.78, 5) is 24.5. The third-order valence-electron chi connectivity index (χ3n) is 9.13. The van der Waals surface area contributed by atoms with Crippen LogP contribution >= 0.6 is 23.2 Å². The van der Waals surface area contributed by atoms with Gasteiger partial charge in [-0.3, -0.25) is 9.69 Å². The summed E-state index contributed by atoms with van der Waals surface area (Å²) < 4.78 is 17.7. The Morgan fingerprint density at radius 1 is 0.959 bits per heavy atom. The van der Waals surface area contributed by atoms with E-state index in [9.17, 15) is 9.90 Å². The summed E-state index contributed by atoms with van der Waals surface area (Å²) in [7, 11) is 4.99. The van der Waals surface area contributed by atoms with Crippen LogP contribution in [0.4, 0.5) is 0 Å². The fourth-order valence-electron chi connectivity index (χ4n) is 6.70. The summed E-state index contributed by atoms with van der Waals surface area (Å²) in [5, 5.41) is 19.9. The molecule has 0 spiro atoms. The van der Waals surface area contributed by atoms with E-state index in [1.807, 2.05) is 48.3 Å². The number of methoxy groups -OCH3 is 2. The van der Waals surface area contributed by atoms with Gasteiger partial charge in [0.2, 0.25) is 17.6 Å². The minimum Gasteiger partial charge on any atom is -0.481 e. The zero-order valence-corrected chi connectivity index (χ0v) is 29.3. The molecule has 2 aromatic heterocycles. The number of hydrogen-bond donors (Lipinski definition) is 2. The van der Waals surface area contributed by atoms with Crippen LogP contribution in [0.25, 0.3) is 22.4 Å². The van der Waals surface area contributed by atoms with E-state index in [1.165, 1.54) is 7.11 Å². The average molecular weight is 708 g/mol. The van der Waals surface area contributed by atoms with E-state index in [0.717, 1.165) is 64.8 Å². The van der Waals surface area contributed by atoms with Gasteiger partial charge in [-0.25, -0.2) is 4.98 Å². The number of fused-ring (bicyclic) bond motifs is 1. The van der Waals surface area contributed by atoms with Crippen molar-refractivity contribution in [2.75, 3.05) is 40.9 Å². The van der Waals surface area contributed by atoms with Crippen LogP contribution in [0.5, 0.6) is 17.6 Å². The number of aliphatic carboxylic acids is 1. The van der Waals surface area contributed by atoms with E-state index in [4.69, 9.17) is 47.5 Å². The smallest absolute Gasteiger partial charge is 0.304 e. The first kappa shape index (κ1) is 34.9. The number of hydrogen-bond acceptors (Lipinski definition) is 9. The Bertz CT molecular complexity index is 1840. The molecule has 10 nitrogen and oxygen atoms in total. The molecule has 1 aliphatic carbocycles. The van der Waals surface area contributed by atoms with Gasteiger partial charge in [-0.15, -0.1) is 0 Å². The normalized spacial score (nSPS) is 17.4. The second kappa shape index (κ2) is 15.3. The molecule has 2 aliphatic rings. The lowest BCUT2D eigenvalue weighted by Gasteiger charge is -2.20. The Morgan fingerprint density at radius 3 is 2.43 bits per heavy atom. The Labute approximate surface area is 296 Å². The molecule has 258 valence electrons. The van der Waals surface area contributed by atoms with Crippen LogP contribution < -0.4 is 14.2 Å². The number of pyridine rings is 2. The summed E-state index contributed by atoms with van der Waals surface area (Å²) in [6.07, 6.45) is 1.76. The molecule has 0 radical (unpaired) electrons. The van der Waals surface area contributed by atoms with Gasteiger partial charge in [0.15, 0.2) is 0 Å². The first-order chi connectivity index (χ1) is 23.6. The monoisotopic (exact) mass is 706 g/mol. The molecule has 4 aromatic rings. The Hall–Kier alpha value is -3.93. The second-order valence-corrected chi connectivity index (χ2v) is 13.3. The summed E-state index contributed by atoms with van der Waals surface area (Å²) in [5.74, 6) is 0.351. The van der Waals surface area contributed by atoms with E-state index in [-0.39, 0.29) is 24.5 Å². The molecule has 12 heteroatoms. The molecule has 1 fully saturated rings. The molecule has 3 heterocycles. The lowest BCUT2D eigenvalue weighted by molar-refractivity contribution is -0.137. The van der Waals surface area contributed by atoms with Crippen LogP contribution in [0, 0.1) is 0 Å². The zero-order valence-electron chi connectivity index (χ0n) is 27.8. The highest BCUT2D eigenvalue weighted by Gasteiger charge is 2.29. The fraction of sp³-hybridized carbons (Fsp3) is 0.378. The lowest BCUT2D eigenvalue weighted by atomic mass is 9.94. The van der Waals surface area contributed by atoms with Gasteiger partial charge < -0.3 is 29.3 Å². The van der Waals surface area contributed by atoms with Crippen LogP contribution in [-0.2, 0) is 24.3 Å². The van der Waals surface area contributed by atoms with E-state index in [2.05, 4.69) is 22.0 Å². The van der Waals surface area contributed by atoms with Gasteiger partial charge in [-0.1, -0.05) is 65.7 Å². The molecule has 2 aromatic carbocycles. The van der Waals surface area contributed by atoms with Crippen molar-refractivity contribution in [2.24, 2.45) is 0 Å². The molecule has 6 rings (SSSR count). The number of aliphatic hydroxyl groups is 1. The Kier molecular flexibility index (Phi) is 10.9. The molecule has 2 N–H and O–H groups in total. The van der Waals surface area contributed by atoms with E-state index >= 15 is 0 Å². The third kappa shape index (κ3) is 7.79. The van der Waals surface area contributed by atoms with Crippen molar-refractivity contribution in [3.63, 3.8) is 0 Å². The number of halogens is 2. The molecule has 0 unspecified atom stereocenters. The third-order valence-corrected chi connectivity index (χ3v) is 9.81. The van der Waals surface area contributed by atoms with E-state index < -0.39 is 5.97 Å². The highest BCUT2D eigenvalue weighted by Crippen LogP contribution is 2.44. The molecule has 0 amide bonds. The van der Waals surface area contributed by atoms with Gasteiger partial charge in [0.1, 0.15) is 11.1 Å². The van der Waals surface area contributed by atoms with Crippen molar-refractivity contribution in [3.05, 3.63) is 86.9 Å². The maximum atomic E-state index is 11.0. The summed E-state index contributed by atoms with van der Waals surface area (Å²) in [6, 6.07) is 17.9. The highest BCUT2D eigenvalue weighted by atomic mass is 35.5. The maximum absolute atomic E-state index is 11.0. The van der Waals surface area contributed by atoms with Gasteiger partial charge in [0, 0.05) is 55.0 Å². The van der Waals surface area contributed by atoms with Crippen molar-refractivity contribution in [1.29, 1.82) is 0 Å². The molecule has 2 atom stereocenters. The number of carbonyl (C=O) groups is 1. The molecule has 1 aliphatic heterocycles. The van der Waals surface area contributed by atoms with Crippen LogP contribution in [0.1, 0.15) is 47.6 Å². The van der Waals surface area contributed by atoms with Gasteiger partial charge in [0.25, 0.3) is 0 Å². The minimum absolute atomic E-state index is 0.0322. The number of carboxylic acid groups (broad SMARTS) is 1. The SMILES string of the molecule is COc1nc(-c2cccc(-c3cccc4c3CC[C@@H]4Oc3nc(OC)c(CN(C)CCC(=O)O)cc3Cl)c2Cl)ccc1CN1CC[C@@H](O)C1. The molecular formula is C37H40Cl2N4O6. The van der Waals surface area contributed by atoms with Crippen molar-refractivity contribution >= 4 is 29.2 Å². The number of carboxylic acids is 1. The van der Waals surface area contributed by atoms with Crippen LogP contribution in [0.3, 0.4) is 0 Å². The van der Waals surface area contributed by atoms with Crippen LogP contribution in [0.2, 0.25) is 10.0 Å². The quantitative estimate of drug-likeness (QED) is 0.156. The number of ether oxygens (including phenoxy) is 3. The highest BCUT2D eigenvalue weighted by molar-refractivity contribution is 6.36. The molecule has 49 heavy (non-hydrogen) atoms. The number of aliphatic hydroxyl groups excluding tert-OH is 1. The summed E-state index contributed by atoms with van der Waals surface area (Å²) in [5.41, 5.74) is 7.36. The van der Waals surface area contributed by atoms with Crippen molar-refractivity contribution in [2.45, 2.75) is 51.0 Å². The summed E-state index contributed by atoms with van der Waals surface area (Å²) in [6.45, 7) is 2.95. The minimum atomic E-state index is -0.854. The van der Waals surface area contributed by atoms with Crippen molar-refractivity contribution < 1.29 is 29.2 Å². The summed E-state index contributed by atoms with van der Waals surface area (Å²) >= 11 is 13.8. The predicted octanol–water partition coefficient (Wildman–Crippen LogP) is 6.67. The first-order valence-corrected chi connectivity index (χ1v) is 17.1. The molecule has 1 saturated heterocycles. The number of likely N-dealkylation sites (tertiary alicyclic amines) is 1. The van der Waals surface area contributed by atoms with Gasteiger partial charge in [-0.05, 0) is 55.1 Å².